The Morgan fingerprint density at radius 3 is 2.83 bits per heavy atom. The lowest BCUT2D eigenvalue weighted by Crippen LogP contribution is -2.01. The van der Waals surface area contributed by atoms with Gasteiger partial charge in [-0.1, -0.05) is 61.2 Å². The lowest BCUT2D eigenvalue weighted by molar-refractivity contribution is 0.958. The Bertz CT molecular complexity index is 1370. The van der Waals surface area contributed by atoms with Crippen LogP contribution in [0.2, 0.25) is 0 Å². The summed E-state index contributed by atoms with van der Waals surface area (Å²) >= 11 is 1.81. The van der Waals surface area contributed by atoms with Gasteiger partial charge >= 0.3 is 0 Å². The highest BCUT2D eigenvalue weighted by Gasteiger charge is 2.17. The van der Waals surface area contributed by atoms with Crippen molar-refractivity contribution < 1.29 is 0 Å². The first kappa shape index (κ1) is 18.0. The molecule has 1 nitrogen and oxygen atoms in total. The molecule has 29 heavy (non-hydrogen) atoms. The van der Waals surface area contributed by atoms with Gasteiger partial charge in [0.1, 0.15) is 0 Å². The van der Waals surface area contributed by atoms with Crippen LogP contribution in [-0.4, -0.2) is 4.57 Å². The average Bonchev–Trinajstić information content (AvgIpc) is 3.36. The second-order valence-corrected chi connectivity index (χ2v) is 8.40. The molecule has 142 valence electrons. The van der Waals surface area contributed by atoms with E-state index >= 15 is 0 Å². The van der Waals surface area contributed by atoms with Crippen LogP contribution < -0.4 is 0 Å². The van der Waals surface area contributed by atoms with E-state index in [0.717, 1.165) is 12.8 Å². The van der Waals surface area contributed by atoms with E-state index < -0.39 is 0 Å². The van der Waals surface area contributed by atoms with Crippen LogP contribution in [-0.2, 0) is 0 Å². The van der Waals surface area contributed by atoms with Gasteiger partial charge in [0.05, 0.1) is 11.0 Å². The van der Waals surface area contributed by atoms with E-state index in [4.69, 9.17) is 0 Å². The predicted octanol–water partition coefficient (Wildman–Crippen LogP) is 8.26. The molecule has 2 aromatic carbocycles. The monoisotopic (exact) mass is 393 g/mol. The van der Waals surface area contributed by atoms with Crippen molar-refractivity contribution in [1.29, 1.82) is 0 Å². The Morgan fingerprint density at radius 1 is 1.03 bits per heavy atom. The number of benzene rings is 2. The van der Waals surface area contributed by atoms with Gasteiger partial charge in [-0.15, -0.1) is 11.3 Å². The Labute approximate surface area is 175 Å². The summed E-state index contributed by atoms with van der Waals surface area (Å²) in [7, 11) is 0. The van der Waals surface area contributed by atoms with Crippen molar-refractivity contribution in [2.45, 2.75) is 19.8 Å². The lowest BCUT2D eigenvalue weighted by atomic mass is 9.96. The molecule has 0 amide bonds. The fraction of sp³-hybridized carbons (Fsp3) is 0.111. The van der Waals surface area contributed by atoms with Gasteiger partial charge < -0.3 is 4.57 Å². The summed E-state index contributed by atoms with van der Waals surface area (Å²) in [4.78, 5) is 0. The Hall–Kier alpha value is -3.10. The van der Waals surface area contributed by atoms with Gasteiger partial charge in [0.25, 0.3) is 0 Å². The summed E-state index contributed by atoms with van der Waals surface area (Å²) in [5, 5.41) is 6.18. The molecule has 2 aromatic heterocycles. The van der Waals surface area contributed by atoms with E-state index in [0.29, 0.717) is 0 Å². The van der Waals surface area contributed by atoms with E-state index in [9.17, 15) is 0 Å². The number of nitrogens with zero attached hydrogens (tertiary/aromatic N) is 1. The molecule has 0 unspecified atom stereocenters. The lowest BCUT2D eigenvalue weighted by Gasteiger charge is -2.17. The van der Waals surface area contributed by atoms with Crippen LogP contribution in [0.1, 0.15) is 19.8 Å². The number of para-hydroxylation sites is 1. The number of thiophene rings is 1. The topological polar surface area (TPSA) is 4.93 Å². The SMILES string of the molecule is C=C/C=C\C=C(/C)C1=CC(n2c3ccccc3c3ccc4sccc4c32)=CCC1. The molecule has 0 fully saturated rings. The van der Waals surface area contributed by atoms with Gasteiger partial charge in [-0.05, 0) is 60.6 Å². The molecule has 0 saturated carbocycles. The number of hydrogen-bond donors (Lipinski definition) is 0. The Kier molecular flexibility index (Phi) is 4.57. The van der Waals surface area contributed by atoms with Crippen LogP contribution in [0.4, 0.5) is 0 Å². The first-order chi connectivity index (χ1) is 14.3. The van der Waals surface area contributed by atoms with E-state index in [-0.39, 0.29) is 0 Å². The van der Waals surface area contributed by atoms with Crippen LogP contribution in [0, 0.1) is 0 Å². The maximum atomic E-state index is 3.75. The molecular weight excluding hydrogens is 370 g/mol. The van der Waals surface area contributed by atoms with Gasteiger partial charge in [-0.3, -0.25) is 0 Å². The second kappa shape index (κ2) is 7.38. The highest BCUT2D eigenvalue weighted by molar-refractivity contribution is 7.17. The number of fused-ring (bicyclic) bond motifs is 5. The minimum Gasteiger partial charge on any atom is -0.309 e. The summed E-state index contributed by atoms with van der Waals surface area (Å²) in [6.45, 7) is 5.95. The molecule has 5 rings (SSSR count). The van der Waals surface area contributed by atoms with Gasteiger partial charge in [0.15, 0.2) is 0 Å². The van der Waals surface area contributed by atoms with Crippen molar-refractivity contribution in [3.8, 4) is 0 Å². The third-order valence-corrected chi connectivity index (χ3v) is 6.60. The molecule has 0 radical (unpaired) electrons. The molecule has 0 N–H and O–H groups in total. The quantitative estimate of drug-likeness (QED) is 0.308. The third-order valence-electron chi connectivity index (χ3n) is 5.71. The molecule has 1 aliphatic rings. The minimum atomic E-state index is 1.06. The van der Waals surface area contributed by atoms with Crippen molar-refractivity contribution in [3.63, 3.8) is 0 Å². The first-order valence-corrected chi connectivity index (χ1v) is 10.9. The molecule has 4 aromatic rings. The summed E-state index contributed by atoms with van der Waals surface area (Å²) in [6, 6.07) is 15.6. The van der Waals surface area contributed by atoms with Crippen LogP contribution in [0.3, 0.4) is 0 Å². The van der Waals surface area contributed by atoms with Crippen molar-refractivity contribution in [1.82, 2.24) is 4.57 Å². The standard InChI is InChI=1S/C27H23NS/c1-3-4-5-9-19(2)20-10-8-11-21(18-20)28-25-13-7-6-12-22(25)23-14-15-26-24(27(23)28)16-17-29-26/h3-7,9,11-18H,1,8,10H2,2H3/b5-4-,19-9+. The second-order valence-electron chi connectivity index (χ2n) is 7.45. The Balaban J connectivity index is 1.76. The maximum absolute atomic E-state index is 3.75. The fourth-order valence-corrected chi connectivity index (χ4v) is 5.10. The first-order valence-electron chi connectivity index (χ1n) is 10.0. The molecule has 0 atom stereocenters. The van der Waals surface area contributed by atoms with E-state index in [2.05, 4.69) is 90.2 Å². The van der Waals surface area contributed by atoms with Crippen LogP contribution in [0.5, 0.6) is 0 Å². The van der Waals surface area contributed by atoms with Crippen molar-refractivity contribution in [2.75, 3.05) is 0 Å². The fourth-order valence-electron chi connectivity index (χ4n) is 4.31. The van der Waals surface area contributed by atoms with Crippen molar-refractivity contribution >= 4 is 48.9 Å². The molecule has 0 saturated heterocycles. The average molecular weight is 394 g/mol. The minimum absolute atomic E-state index is 1.06. The third kappa shape index (κ3) is 3.01. The van der Waals surface area contributed by atoms with Gasteiger partial charge in [0, 0.05) is 26.6 Å². The molecule has 0 bridgehead atoms. The van der Waals surface area contributed by atoms with Gasteiger partial charge in [-0.2, -0.15) is 0 Å². The van der Waals surface area contributed by atoms with Crippen molar-refractivity contribution in [3.05, 3.63) is 102 Å². The number of hydrogen-bond acceptors (Lipinski definition) is 1. The van der Waals surface area contributed by atoms with E-state index in [1.165, 1.54) is 48.7 Å². The molecule has 1 aliphatic carbocycles. The highest BCUT2D eigenvalue weighted by Crippen LogP contribution is 2.39. The smallest absolute Gasteiger partial charge is 0.0627 e. The van der Waals surface area contributed by atoms with Crippen LogP contribution in [0.25, 0.3) is 37.6 Å². The number of allylic oxidation sites excluding steroid dienone is 9. The molecule has 0 aliphatic heterocycles. The maximum Gasteiger partial charge on any atom is 0.0627 e. The molecule has 0 spiro atoms. The van der Waals surface area contributed by atoms with Gasteiger partial charge in [0.2, 0.25) is 0 Å². The largest absolute Gasteiger partial charge is 0.309 e. The summed E-state index contributed by atoms with van der Waals surface area (Å²) in [5.41, 5.74) is 6.59. The molecule has 2 heteroatoms. The molecule has 2 heterocycles. The molecular formula is C27H23NS. The zero-order valence-corrected chi connectivity index (χ0v) is 17.4. The van der Waals surface area contributed by atoms with Gasteiger partial charge in [-0.25, -0.2) is 0 Å². The van der Waals surface area contributed by atoms with E-state index in [1.54, 1.807) is 0 Å². The highest BCUT2D eigenvalue weighted by atomic mass is 32.1. The van der Waals surface area contributed by atoms with Crippen LogP contribution in [0.15, 0.2) is 102 Å². The summed E-state index contributed by atoms with van der Waals surface area (Å²) in [6.07, 6.45) is 14.9. The number of rotatable bonds is 4. The van der Waals surface area contributed by atoms with Crippen LogP contribution >= 0.6 is 11.3 Å². The Morgan fingerprint density at radius 2 is 1.93 bits per heavy atom. The zero-order valence-electron chi connectivity index (χ0n) is 16.6. The normalized spacial score (nSPS) is 15.4. The van der Waals surface area contributed by atoms with Crippen molar-refractivity contribution in [2.24, 2.45) is 0 Å². The summed E-state index contributed by atoms with van der Waals surface area (Å²) < 4.78 is 3.80. The number of aromatic nitrogens is 1. The zero-order chi connectivity index (χ0) is 19.8. The predicted molar refractivity (Wildman–Crippen MR) is 130 cm³/mol. The summed E-state index contributed by atoms with van der Waals surface area (Å²) in [5.74, 6) is 0. The van der Waals surface area contributed by atoms with E-state index in [1.807, 2.05) is 23.5 Å².